The Morgan fingerprint density at radius 1 is 1.59 bits per heavy atom. The molecule has 0 radical (unpaired) electrons. The molecule has 1 aliphatic rings. The quantitative estimate of drug-likeness (QED) is 0.853. The average molecular weight is 382 g/mol. The van der Waals surface area contributed by atoms with Crippen molar-refractivity contribution in [2.45, 2.75) is 18.9 Å². The Labute approximate surface area is 122 Å². The Morgan fingerprint density at radius 2 is 2.35 bits per heavy atom. The van der Waals surface area contributed by atoms with E-state index in [1.165, 1.54) is 11.3 Å². The van der Waals surface area contributed by atoms with Crippen molar-refractivity contribution in [3.8, 4) is 0 Å². The number of amides is 1. The van der Waals surface area contributed by atoms with Crippen LogP contribution in [0.3, 0.4) is 0 Å². The van der Waals surface area contributed by atoms with Gasteiger partial charge in [0.25, 0.3) is 5.91 Å². The molecule has 0 aromatic carbocycles. The van der Waals surface area contributed by atoms with Crippen LogP contribution in [0.15, 0.2) is 14.3 Å². The SMILES string of the molecule is CNC1CCCN(C(=O)c2cc(Br)c(Br)s2)C1. The van der Waals surface area contributed by atoms with Crippen LogP contribution in [0, 0.1) is 0 Å². The Hall–Kier alpha value is 0.0900. The maximum Gasteiger partial charge on any atom is 0.264 e. The van der Waals surface area contributed by atoms with Crippen LogP contribution in [-0.4, -0.2) is 37.0 Å². The molecule has 1 aromatic heterocycles. The number of carbonyl (C=O) groups excluding carboxylic acids is 1. The molecule has 17 heavy (non-hydrogen) atoms. The molecule has 1 fully saturated rings. The first-order valence-electron chi connectivity index (χ1n) is 5.53. The zero-order valence-corrected chi connectivity index (χ0v) is 13.5. The summed E-state index contributed by atoms with van der Waals surface area (Å²) in [7, 11) is 1.96. The van der Waals surface area contributed by atoms with E-state index in [0.29, 0.717) is 6.04 Å². The molecular weight excluding hydrogens is 368 g/mol. The molecule has 2 rings (SSSR count). The predicted octanol–water partition coefficient (Wildman–Crippen LogP) is 3.10. The highest BCUT2D eigenvalue weighted by molar-refractivity contribution is 9.13. The minimum absolute atomic E-state index is 0.140. The van der Waals surface area contributed by atoms with Gasteiger partial charge in [0, 0.05) is 23.6 Å². The lowest BCUT2D eigenvalue weighted by Crippen LogP contribution is -2.46. The van der Waals surface area contributed by atoms with E-state index in [1.807, 2.05) is 18.0 Å². The van der Waals surface area contributed by atoms with Gasteiger partial charge < -0.3 is 10.2 Å². The van der Waals surface area contributed by atoms with E-state index in [9.17, 15) is 4.79 Å². The maximum absolute atomic E-state index is 12.3. The third kappa shape index (κ3) is 3.10. The number of halogens is 2. The number of piperidine rings is 1. The minimum Gasteiger partial charge on any atom is -0.336 e. The van der Waals surface area contributed by atoms with Crippen molar-refractivity contribution < 1.29 is 4.79 Å². The third-order valence-electron chi connectivity index (χ3n) is 2.97. The van der Waals surface area contributed by atoms with Crippen LogP contribution in [0.4, 0.5) is 0 Å². The summed E-state index contributed by atoms with van der Waals surface area (Å²) in [6.07, 6.45) is 2.23. The fourth-order valence-electron chi connectivity index (χ4n) is 2.01. The number of thiophene rings is 1. The van der Waals surface area contributed by atoms with Crippen molar-refractivity contribution in [3.05, 3.63) is 19.2 Å². The number of nitrogens with one attached hydrogen (secondary N) is 1. The summed E-state index contributed by atoms with van der Waals surface area (Å²) in [6.45, 7) is 1.67. The van der Waals surface area contributed by atoms with Crippen molar-refractivity contribution in [1.82, 2.24) is 10.2 Å². The standard InChI is InChI=1S/C11H14Br2N2OS/c1-14-7-3-2-4-15(6-7)11(16)9-5-8(12)10(13)17-9/h5,7,14H,2-4,6H2,1H3. The molecule has 1 amide bonds. The predicted molar refractivity (Wildman–Crippen MR) is 77.7 cm³/mol. The van der Waals surface area contributed by atoms with E-state index in [4.69, 9.17) is 0 Å². The fourth-order valence-corrected chi connectivity index (χ4v) is 4.01. The van der Waals surface area contributed by atoms with E-state index < -0.39 is 0 Å². The van der Waals surface area contributed by atoms with Gasteiger partial charge in [-0.25, -0.2) is 0 Å². The van der Waals surface area contributed by atoms with Crippen LogP contribution < -0.4 is 5.32 Å². The molecule has 0 aliphatic carbocycles. The second kappa shape index (κ2) is 5.82. The van der Waals surface area contributed by atoms with Crippen molar-refractivity contribution in [2.24, 2.45) is 0 Å². The summed E-state index contributed by atoms with van der Waals surface area (Å²) in [5.74, 6) is 0.140. The van der Waals surface area contributed by atoms with E-state index in [0.717, 1.165) is 39.1 Å². The summed E-state index contributed by atoms with van der Waals surface area (Å²) in [5, 5.41) is 3.25. The lowest BCUT2D eigenvalue weighted by molar-refractivity contribution is 0.0703. The first-order chi connectivity index (χ1) is 8.11. The van der Waals surface area contributed by atoms with Crippen molar-refractivity contribution >= 4 is 49.1 Å². The molecule has 0 bridgehead atoms. The van der Waals surface area contributed by atoms with Gasteiger partial charge in [0.05, 0.1) is 8.66 Å². The van der Waals surface area contributed by atoms with Crippen LogP contribution in [0.1, 0.15) is 22.5 Å². The zero-order chi connectivity index (χ0) is 12.4. The van der Waals surface area contributed by atoms with Crippen molar-refractivity contribution in [3.63, 3.8) is 0 Å². The molecule has 1 N–H and O–H groups in total. The lowest BCUT2D eigenvalue weighted by Gasteiger charge is -2.32. The molecule has 1 unspecified atom stereocenters. The zero-order valence-electron chi connectivity index (χ0n) is 9.50. The van der Waals surface area contributed by atoms with E-state index >= 15 is 0 Å². The first kappa shape index (κ1) is 13.5. The van der Waals surface area contributed by atoms with Crippen LogP contribution in [-0.2, 0) is 0 Å². The van der Waals surface area contributed by atoms with Gasteiger partial charge in [0.1, 0.15) is 0 Å². The molecule has 0 saturated carbocycles. The van der Waals surface area contributed by atoms with Gasteiger partial charge in [0.2, 0.25) is 0 Å². The van der Waals surface area contributed by atoms with Gasteiger partial charge in [-0.2, -0.15) is 0 Å². The number of carbonyl (C=O) groups is 1. The largest absolute Gasteiger partial charge is 0.336 e. The molecule has 1 aliphatic heterocycles. The Morgan fingerprint density at radius 3 is 2.94 bits per heavy atom. The topological polar surface area (TPSA) is 32.3 Å². The van der Waals surface area contributed by atoms with Gasteiger partial charge in [0.15, 0.2) is 0 Å². The van der Waals surface area contributed by atoms with Crippen LogP contribution >= 0.6 is 43.2 Å². The third-order valence-corrected chi connectivity index (χ3v) is 6.22. The summed E-state index contributed by atoms with van der Waals surface area (Å²) in [6, 6.07) is 2.32. The number of likely N-dealkylation sites (tertiary alicyclic amines) is 1. The van der Waals surface area contributed by atoms with Gasteiger partial charge in [-0.15, -0.1) is 11.3 Å². The first-order valence-corrected chi connectivity index (χ1v) is 7.93. The highest BCUT2D eigenvalue weighted by atomic mass is 79.9. The Balaban J connectivity index is 2.09. The summed E-state index contributed by atoms with van der Waals surface area (Å²) in [5.41, 5.74) is 0. The maximum atomic E-state index is 12.3. The Kier molecular flexibility index (Phi) is 4.63. The Bertz CT molecular complexity index is 402. The second-order valence-corrected chi connectivity index (χ2v) is 7.34. The second-order valence-electron chi connectivity index (χ2n) is 4.11. The number of rotatable bonds is 2. The number of nitrogens with zero attached hydrogens (tertiary/aromatic N) is 1. The molecule has 3 nitrogen and oxygen atoms in total. The number of hydrogen-bond acceptors (Lipinski definition) is 3. The summed E-state index contributed by atoms with van der Waals surface area (Å²) >= 11 is 8.32. The van der Waals surface area contributed by atoms with Crippen LogP contribution in [0.5, 0.6) is 0 Å². The van der Waals surface area contributed by atoms with E-state index in [2.05, 4.69) is 37.2 Å². The number of hydrogen-bond donors (Lipinski definition) is 1. The normalized spacial score (nSPS) is 20.6. The van der Waals surface area contributed by atoms with Crippen molar-refractivity contribution in [1.29, 1.82) is 0 Å². The molecule has 0 spiro atoms. The van der Waals surface area contributed by atoms with E-state index in [1.54, 1.807) is 0 Å². The monoisotopic (exact) mass is 380 g/mol. The molecule has 1 aromatic rings. The van der Waals surface area contributed by atoms with Gasteiger partial charge in [-0.05, 0) is 57.8 Å². The molecule has 1 atom stereocenters. The highest BCUT2D eigenvalue weighted by Crippen LogP contribution is 2.33. The molecule has 94 valence electrons. The molecule has 2 heterocycles. The van der Waals surface area contributed by atoms with Crippen LogP contribution in [0.25, 0.3) is 0 Å². The van der Waals surface area contributed by atoms with Gasteiger partial charge in [-0.1, -0.05) is 0 Å². The van der Waals surface area contributed by atoms with Gasteiger partial charge in [-0.3, -0.25) is 4.79 Å². The highest BCUT2D eigenvalue weighted by Gasteiger charge is 2.24. The fraction of sp³-hybridized carbons (Fsp3) is 0.545. The lowest BCUT2D eigenvalue weighted by atomic mass is 10.1. The van der Waals surface area contributed by atoms with Crippen LogP contribution in [0.2, 0.25) is 0 Å². The van der Waals surface area contributed by atoms with E-state index in [-0.39, 0.29) is 5.91 Å². The molecule has 1 saturated heterocycles. The van der Waals surface area contributed by atoms with Gasteiger partial charge >= 0.3 is 0 Å². The molecule has 6 heteroatoms. The smallest absolute Gasteiger partial charge is 0.264 e. The average Bonchev–Trinajstić information content (AvgIpc) is 2.69. The molecular formula is C11H14Br2N2OS. The van der Waals surface area contributed by atoms with Crippen molar-refractivity contribution in [2.75, 3.05) is 20.1 Å². The summed E-state index contributed by atoms with van der Waals surface area (Å²) in [4.78, 5) is 15.0. The number of likely N-dealkylation sites (N-methyl/N-ethyl adjacent to an activating group) is 1. The summed E-state index contributed by atoms with van der Waals surface area (Å²) < 4.78 is 1.93. The minimum atomic E-state index is 0.140.